The summed E-state index contributed by atoms with van der Waals surface area (Å²) in [6.45, 7) is 0.460. The van der Waals surface area contributed by atoms with Gasteiger partial charge in [0.2, 0.25) is 0 Å². The van der Waals surface area contributed by atoms with Crippen molar-refractivity contribution in [3.8, 4) is 0 Å². The minimum atomic E-state index is -0.969. The summed E-state index contributed by atoms with van der Waals surface area (Å²) in [7, 11) is 0. The molecule has 0 fully saturated rings. The Hall–Kier alpha value is -1.18. The number of carbonyl (C=O) groups is 1. The van der Waals surface area contributed by atoms with E-state index in [1.54, 1.807) is 0 Å². The molecule has 7 nitrogen and oxygen atoms in total. The summed E-state index contributed by atoms with van der Waals surface area (Å²) in [5, 5.41) is 8.67. The van der Waals surface area contributed by atoms with Gasteiger partial charge >= 0.3 is 5.97 Å². The highest BCUT2D eigenvalue weighted by Gasteiger charge is 2.13. The Morgan fingerprint density at radius 2 is 2.38 bits per heavy atom. The smallest absolute Gasteiger partial charge is 0.328 e. The minimum Gasteiger partial charge on any atom is -0.480 e. The van der Waals surface area contributed by atoms with Crippen LogP contribution in [0.2, 0.25) is 0 Å². The van der Waals surface area contributed by atoms with Crippen LogP contribution in [0.4, 0.5) is 0 Å². The van der Waals surface area contributed by atoms with Crippen molar-refractivity contribution in [2.75, 3.05) is 6.54 Å². The van der Waals surface area contributed by atoms with Gasteiger partial charge in [-0.1, -0.05) is 0 Å². The van der Waals surface area contributed by atoms with E-state index in [0.717, 1.165) is 0 Å². The van der Waals surface area contributed by atoms with Gasteiger partial charge in [-0.25, -0.2) is 4.79 Å². The van der Waals surface area contributed by atoms with Crippen LogP contribution in [0.1, 0.15) is 12.8 Å². The number of carboxylic acid groups (broad SMARTS) is 1. The van der Waals surface area contributed by atoms with E-state index < -0.39 is 12.0 Å². The van der Waals surface area contributed by atoms with E-state index in [1.165, 1.54) is 6.34 Å². The summed E-state index contributed by atoms with van der Waals surface area (Å²) in [5.74, 6) is 3.90. The lowest BCUT2D eigenvalue weighted by Gasteiger charge is -2.05. The van der Waals surface area contributed by atoms with Gasteiger partial charge in [-0.2, -0.15) is 5.53 Å². The maximum absolute atomic E-state index is 10.6. The zero-order chi connectivity index (χ0) is 10.1. The summed E-state index contributed by atoms with van der Waals surface area (Å²) in [5.41, 5.74) is 9.69. The molecule has 0 saturated heterocycles. The highest BCUT2D eigenvalue weighted by atomic mass is 16.4. The third-order valence-corrected chi connectivity index (χ3v) is 1.37. The zero-order valence-corrected chi connectivity index (χ0v) is 7.23. The van der Waals surface area contributed by atoms with Crippen molar-refractivity contribution in [1.82, 2.24) is 11.0 Å². The Kier molecular flexibility index (Phi) is 6.79. The molecule has 0 aromatic carbocycles. The number of aliphatic carboxylic acids is 1. The number of hydrazine groups is 2. The first-order valence-electron chi connectivity index (χ1n) is 3.88. The molecule has 0 aromatic heterocycles. The van der Waals surface area contributed by atoms with Crippen LogP contribution in [-0.4, -0.2) is 30.0 Å². The van der Waals surface area contributed by atoms with Crippen LogP contribution in [0.3, 0.4) is 0 Å². The molecule has 0 aliphatic rings. The Morgan fingerprint density at radius 3 is 2.85 bits per heavy atom. The summed E-state index contributed by atoms with van der Waals surface area (Å²) in [6.07, 6.45) is 2.26. The van der Waals surface area contributed by atoms with E-state index in [0.29, 0.717) is 19.4 Å². The van der Waals surface area contributed by atoms with Crippen molar-refractivity contribution >= 4 is 12.3 Å². The second-order valence-corrected chi connectivity index (χ2v) is 2.35. The van der Waals surface area contributed by atoms with Crippen LogP contribution in [0.5, 0.6) is 0 Å². The number of nitrogens with zero attached hydrogens (tertiary/aromatic N) is 1. The van der Waals surface area contributed by atoms with Crippen molar-refractivity contribution in [2.45, 2.75) is 18.9 Å². The van der Waals surface area contributed by atoms with E-state index in [9.17, 15) is 4.79 Å². The molecule has 0 amide bonds. The normalized spacial score (nSPS) is 13.1. The molecule has 0 bridgehead atoms. The molecule has 1 atom stereocenters. The molecule has 0 aliphatic carbocycles. The molecule has 0 aromatic rings. The number of aliphatic imine (C=N–C) groups is 1. The van der Waals surface area contributed by atoms with E-state index in [1.807, 2.05) is 0 Å². The SMILES string of the molecule is NCCC[C@H](N=CNNN)C(=O)O. The number of nitrogens with two attached hydrogens (primary N) is 2. The molecule has 0 heterocycles. The minimum absolute atomic E-state index is 0.425. The molecule has 0 unspecified atom stereocenters. The third kappa shape index (κ3) is 6.02. The maximum Gasteiger partial charge on any atom is 0.328 e. The predicted octanol–water partition coefficient (Wildman–Crippen LogP) is -1.83. The zero-order valence-electron chi connectivity index (χ0n) is 7.23. The van der Waals surface area contributed by atoms with Crippen molar-refractivity contribution in [3.05, 3.63) is 0 Å². The van der Waals surface area contributed by atoms with Crippen molar-refractivity contribution < 1.29 is 9.90 Å². The summed E-state index contributed by atoms with van der Waals surface area (Å²) < 4.78 is 0. The Labute approximate surface area is 76.1 Å². The average Bonchev–Trinajstić information content (AvgIpc) is 2.10. The van der Waals surface area contributed by atoms with E-state index in [2.05, 4.69) is 16.0 Å². The fraction of sp³-hybridized carbons (Fsp3) is 0.667. The molecular formula is C6H15N5O2. The lowest BCUT2D eigenvalue weighted by Crippen LogP contribution is -2.37. The molecule has 0 aliphatic heterocycles. The lowest BCUT2D eigenvalue weighted by molar-refractivity contribution is -0.138. The third-order valence-electron chi connectivity index (χ3n) is 1.37. The summed E-state index contributed by atoms with van der Waals surface area (Å²) >= 11 is 0. The second-order valence-electron chi connectivity index (χ2n) is 2.35. The van der Waals surface area contributed by atoms with E-state index in [4.69, 9.17) is 16.7 Å². The van der Waals surface area contributed by atoms with Crippen molar-refractivity contribution in [3.63, 3.8) is 0 Å². The van der Waals surface area contributed by atoms with Crippen LogP contribution in [-0.2, 0) is 4.79 Å². The molecule has 0 rings (SSSR count). The fourth-order valence-corrected chi connectivity index (χ4v) is 0.737. The molecule has 7 N–H and O–H groups in total. The Bertz CT molecular complexity index is 172. The monoisotopic (exact) mass is 189 g/mol. The first kappa shape index (κ1) is 11.8. The Morgan fingerprint density at radius 1 is 1.69 bits per heavy atom. The first-order chi connectivity index (χ1) is 6.22. The van der Waals surface area contributed by atoms with E-state index in [-0.39, 0.29) is 0 Å². The van der Waals surface area contributed by atoms with Gasteiger partial charge < -0.3 is 10.8 Å². The number of hydrogen-bond donors (Lipinski definition) is 5. The van der Waals surface area contributed by atoms with Gasteiger partial charge in [-0.05, 0) is 19.4 Å². The molecule has 0 spiro atoms. The van der Waals surface area contributed by atoms with Gasteiger partial charge in [0.05, 0.1) is 6.34 Å². The van der Waals surface area contributed by atoms with Gasteiger partial charge in [0.1, 0.15) is 6.04 Å². The maximum atomic E-state index is 10.6. The van der Waals surface area contributed by atoms with Crippen LogP contribution < -0.4 is 22.5 Å². The van der Waals surface area contributed by atoms with Crippen LogP contribution >= 0.6 is 0 Å². The second kappa shape index (κ2) is 7.47. The number of carboxylic acids is 1. The van der Waals surface area contributed by atoms with E-state index >= 15 is 0 Å². The van der Waals surface area contributed by atoms with Crippen molar-refractivity contribution in [2.24, 2.45) is 16.6 Å². The molecule has 0 saturated carbocycles. The Balaban J connectivity index is 3.86. The summed E-state index contributed by atoms with van der Waals surface area (Å²) in [6, 6.07) is -0.760. The number of rotatable bonds is 7. The molecular weight excluding hydrogens is 174 g/mol. The lowest BCUT2D eigenvalue weighted by atomic mass is 10.2. The fourth-order valence-electron chi connectivity index (χ4n) is 0.737. The van der Waals surface area contributed by atoms with Gasteiger partial charge in [0.25, 0.3) is 0 Å². The van der Waals surface area contributed by atoms with Gasteiger partial charge in [0, 0.05) is 0 Å². The van der Waals surface area contributed by atoms with Crippen LogP contribution in [0.15, 0.2) is 4.99 Å². The standard InChI is InChI=1S/C6H15N5O2/c7-3-1-2-5(6(12)13)9-4-10-11-8/h4-5,11H,1-3,7-8H2,(H,9,10)(H,12,13)/t5-/m0/s1. The molecule has 76 valence electrons. The number of hydrogen-bond acceptors (Lipinski definition) is 5. The molecule has 13 heavy (non-hydrogen) atoms. The van der Waals surface area contributed by atoms with Crippen molar-refractivity contribution in [1.29, 1.82) is 0 Å². The highest BCUT2D eigenvalue weighted by molar-refractivity contribution is 5.75. The summed E-state index contributed by atoms with van der Waals surface area (Å²) in [4.78, 5) is 14.3. The highest BCUT2D eigenvalue weighted by Crippen LogP contribution is 2.00. The van der Waals surface area contributed by atoms with Crippen LogP contribution in [0, 0.1) is 0 Å². The number of nitrogens with one attached hydrogen (secondary N) is 2. The predicted molar refractivity (Wildman–Crippen MR) is 48.7 cm³/mol. The quantitative estimate of drug-likeness (QED) is 0.139. The first-order valence-corrected chi connectivity index (χ1v) is 3.88. The largest absolute Gasteiger partial charge is 0.480 e. The average molecular weight is 189 g/mol. The topological polar surface area (TPSA) is 126 Å². The molecule has 7 heteroatoms. The van der Waals surface area contributed by atoms with Gasteiger partial charge in [-0.3, -0.25) is 16.3 Å². The molecule has 0 radical (unpaired) electrons. The van der Waals surface area contributed by atoms with Gasteiger partial charge in [-0.15, -0.1) is 0 Å². The van der Waals surface area contributed by atoms with Crippen LogP contribution in [0.25, 0.3) is 0 Å². The van der Waals surface area contributed by atoms with Gasteiger partial charge in [0.15, 0.2) is 0 Å².